The number of hydrogen-bond acceptors (Lipinski definition) is 3. The number of aromatic nitrogens is 2. The SMILES string of the molecule is Cc1c(C(=O)NCC(C)(C)C(O)C(C)C)cnn1CCC(C)C. The Bertz CT molecular complexity index is 518. The van der Waals surface area contributed by atoms with Crippen LogP contribution in [0.15, 0.2) is 6.20 Å². The Morgan fingerprint density at radius 1 is 1.35 bits per heavy atom. The largest absolute Gasteiger partial charge is 0.392 e. The van der Waals surface area contributed by atoms with E-state index in [4.69, 9.17) is 0 Å². The zero-order valence-corrected chi connectivity index (χ0v) is 15.7. The van der Waals surface area contributed by atoms with Crippen LogP contribution in [-0.2, 0) is 6.54 Å². The van der Waals surface area contributed by atoms with Gasteiger partial charge in [-0.05, 0) is 25.2 Å². The van der Waals surface area contributed by atoms with Gasteiger partial charge in [-0.2, -0.15) is 5.10 Å². The lowest BCUT2D eigenvalue weighted by atomic mass is 9.80. The maximum atomic E-state index is 12.4. The minimum atomic E-state index is -0.460. The molecular weight excluding hydrogens is 290 g/mol. The number of aliphatic hydroxyl groups excluding tert-OH is 1. The highest BCUT2D eigenvalue weighted by Crippen LogP contribution is 2.25. The van der Waals surface area contributed by atoms with E-state index in [-0.39, 0.29) is 17.2 Å². The minimum Gasteiger partial charge on any atom is -0.392 e. The fourth-order valence-electron chi connectivity index (χ4n) is 2.69. The van der Waals surface area contributed by atoms with Crippen molar-refractivity contribution in [2.24, 2.45) is 17.3 Å². The van der Waals surface area contributed by atoms with Crippen molar-refractivity contribution in [3.8, 4) is 0 Å². The van der Waals surface area contributed by atoms with Crippen LogP contribution in [0.2, 0.25) is 0 Å². The summed E-state index contributed by atoms with van der Waals surface area (Å²) in [4.78, 5) is 12.4. The lowest BCUT2D eigenvalue weighted by molar-refractivity contribution is 0.0138. The zero-order chi connectivity index (χ0) is 17.8. The van der Waals surface area contributed by atoms with Crippen molar-refractivity contribution in [1.29, 1.82) is 0 Å². The molecule has 132 valence electrons. The Morgan fingerprint density at radius 2 is 1.96 bits per heavy atom. The summed E-state index contributed by atoms with van der Waals surface area (Å²) in [5.41, 5.74) is 1.14. The van der Waals surface area contributed by atoms with Gasteiger partial charge in [0.2, 0.25) is 0 Å². The van der Waals surface area contributed by atoms with Gasteiger partial charge >= 0.3 is 0 Å². The number of carbonyl (C=O) groups is 1. The van der Waals surface area contributed by atoms with E-state index >= 15 is 0 Å². The van der Waals surface area contributed by atoms with Gasteiger partial charge in [0.1, 0.15) is 0 Å². The molecule has 1 unspecified atom stereocenters. The zero-order valence-electron chi connectivity index (χ0n) is 15.7. The van der Waals surface area contributed by atoms with E-state index in [9.17, 15) is 9.90 Å². The van der Waals surface area contributed by atoms with Gasteiger partial charge in [-0.3, -0.25) is 9.48 Å². The molecule has 1 amide bonds. The molecule has 0 fully saturated rings. The first-order valence-electron chi connectivity index (χ1n) is 8.55. The van der Waals surface area contributed by atoms with Gasteiger partial charge in [0, 0.05) is 24.2 Å². The molecule has 0 spiro atoms. The number of rotatable bonds is 8. The quantitative estimate of drug-likeness (QED) is 0.773. The Kier molecular flexibility index (Phi) is 6.81. The van der Waals surface area contributed by atoms with Gasteiger partial charge in [-0.15, -0.1) is 0 Å². The van der Waals surface area contributed by atoms with E-state index in [0.29, 0.717) is 18.0 Å². The second-order valence-electron chi connectivity index (χ2n) is 7.91. The van der Waals surface area contributed by atoms with E-state index < -0.39 is 6.10 Å². The highest BCUT2D eigenvalue weighted by atomic mass is 16.3. The lowest BCUT2D eigenvalue weighted by Crippen LogP contribution is -2.43. The van der Waals surface area contributed by atoms with Crippen LogP contribution >= 0.6 is 0 Å². The maximum Gasteiger partial charge on any atom is 0.254 e. The fourth-order valence-corrected chi connectivity index (χ4v) is 2.69. The molecule has 0 saturated heterocycles. The molecule has 0 bridgehead atoms. The number of nitrogens with one attached hydrogen (secondary N) is 1. The summed E-state index contributed by atoms with van der Waals surface area (Å²) in [6, 6.07) is 0. The predicted molar refractivity (Wildman–Crippen MR) is 93.4 cm³/mol. The molecule has 1 aromatic rings. The summed E-state index contributed by atoms with van der Waals surface area (Å²) in [7, 11) is 0. The van der Waals surface area contributed by atoms with E-state index in [0.717, 1.165) is 18.7 Å². The molecule has 0 aliphatic rings. The number of aliphatic hydroxyl groups is 1. The Hall–Kier alpha value is -1.36. The van der Waals surface area contributed by atoms with Crippen molar-refractivity contribution in [2.45, 2.75) is 67.5 Å². The molecule has 0 radical (unpaired) electrons. The van der Waals surface area contributed by atoms with E-state index in [1.807, 2.05) is 39.3 Å². The number of hydrogen-bond donors (Lipinski definition) is 2. The molecule has 23 heavy (non-hydrogen) atoms. The molecule has 1 rings (SSSR count). The first kappa shape index (κ1) is 19.7. The van der Waals surface area contributed by atoms with Gasteiger partial charge in [0.15, 0.2) is 0 Å². The van der Waals surface area contributed by atoms with E-state index in [1.165, 1.54) is 0 Å². The fraction of sp³-hybridized carbons (Fsp3) is 0.778. The van der Waals surface area contributed by atoms with Crippen LogP contribution in [0.1, 0.15) is 64.0 Å². The number of aryl methyl sites for hydroxylation is 1. The van der Waals surface area contributed by atoms with E-state index in [1.54, 1.807) is 6.20 Å². The molecule has 1 atom stereocenters. The van der Waals surface area contributed by atoms with E-state index in [2.05, 4.69) is 24.3 Å². The Balaban J connectivity index is 2.69. The second-order valence-corrected chi connectivity index (χ2v) is 7.91. The highest BCUT2D eigenvalue weighted by Gasteiger charge is 2.31. The minimum absolute atomic E-state index is 0.123. The first-order valence-corrected chi connectivity index (χ1v) is 8.55. The van der Waals surface area contributed by atoms with Crippen LogP contribution in [0.4, 0.5) is 0 Å². The highest BCUT2D eigenvalue weighted by molar-refractivity contribution is 5.95. The molecule has 0 saturated carbocycles. The van der Waals surface area contributed by atoms with Gasteiger partial charge < -0.3 is 10.4 Å². The van der Waals surface area contributed by atoms with Crippen molar-refractivity contribution in [3.05, 3.63) is 17.5 Å². The molecule has 1 aromatic heterocycles. The molecule has 2 N–H and O–H groups in total. The normalized spacial score (nSPS) is 13.7. The molecule has 1 heterocycles. The summed E-state index contributed by atoms with van der Waals surface area (Å²) >= 11 is 0. The van der Waals surface area contributed by atoms with Crippen LogP contribution in [0.25, 0.3) is 0 Å². The number of carbonyl (C=O) groups excluding carboxylic acids is 1. The van der Waals surface area contributed by atoms with Gasteiger partial charge in [-0.25, -0.2) is 0 Å². The molecular formula is C18H33N3O2. The van der Waals surface area contributed by atoms with Gasteiger partial charge in [0.05, 0.1) is 17.9 Å². The Morgan fingerprint density at radius 3 is 2.48 bits per heavy atom. The smallest absolute Gasteiger partial charge is 0.254 e. The maximum absolute atomic E-state index is 12.4. The van der Waals surface area contributed by atoms with Crippen molar-refractivity contribution in [1.82, 2.24) is 15.1 Å². The van der Waals surface area contributed by atoms with Crippen molar-refractivity contribution < 1.29 is 9.90 Å². The average molecular weight is 323 g/mol. The summed E-state index contributed by atoms with van der Waals surface area (Å²) in [6.45, 7) is 15.4. The third-order valence-electron chi connectivity index (χ3n) is 4.40. The van der Waals surface area contributed by atoms with Crippen LogP contribution in [0, 0.1) is 24.2 Å². The molecule has 5 nitrogen and oxygen atoms in total. The summed E-state index contributed by atoms with van der Waals surface area (Å²) < 4.78 is 1.89. The summed E-state index contributed by atoms with van der Waals surface area (Å²) in [5.74, 6) is 0.638. The number of amides is 1. The molecule has 0 aliphatic heterocycles. The Labute approximate surface area is 140 Å². The third kappa shape index (κ3) is 5.34. The molecule has 5 heteroatoms. The standard InChI is InChI=1S/C18H33N3O2/c1-12(2)8-9-21-14(5)15(10-20-21)17(23)19-11-18(6,7)16(22)13(3)4/h10,12-13,16,22H,8-9,11H2,1-7H3,(H,19,23). The predicted octanol–water partition coefficient (Wildman–Crippen LogP) is 3.01. The average Bonchev–Trinajstić information content (AvgIpc) is 2.82. The topological polar surface area (TPSA) is 67.2 Å². The van der Waals surface area contributed by atoms with Gasteiger partial charge in [0.25, 0.3) is 5.91 Å². The molecule has 0 aromatic carbocycles. The van der Waals surface area contributed by atoms with Crippen molar-refractivity contribution in [3.63, 3.8) is 0 Å². The van der Waals surface area contributed by atoms with Crippen LogP contribution in [0.3, 0.4) is 0 Å². The molecule has 0 aliphatic carbocycles. The second kappa shape index (κ2) is 7.95. The van der Waals surface area contributed by atoms with Crippen LogP contribution in [-0.4, -0.2) is 33.4 Å². The van der Waals surface area contributed by atoms with Crippen LogP contribution < -0.4 is 5.32 Å². The summed E-state index contributed by atoms with van der Waals surface area (Å²) in [6.07, 6.45) is 2.21. The monoisotopic (exact) mass is 323 g/mol. The number of nitrogens with zero attached hydrogens (tertiary/aromatic N) is 2. The summed E-state index contributed by atoms with van der Waals surface area (Å²) in [5, 5.41) is 17.5. The van der Waals surface area contributed by atoms with Crippen molar-refractivity contribution in [2.75, 3.05) is 6.54 Å². The third-order valence-corrected chi connectivity index (χ3v) is 4.40. The van der Waals surface area contributed by atoms with Crippen LogP contribution in [0.5, 0.6) is 0 Å². The first-order chi connectivity index (χ1) is 10.6. The van der Waals surface area contributed by atoms with Gasteiger partial charge in [-0.1, -0.05) is 41.5 Å². The lowest BCUT2D eigenvalue weighted by Gasteiger charge is -2.33. The van der Waals surface area contributed by atoms with Crippen molar-refractivity contribution >= 4 is 5.91 Å².